The normalized spacial score (nSPS) is 23.7. The molecule has 0 saturated carbocycles. The van der Waals surface area contributed by atoms with Crippen molar-refractivity contribution in [2.45, 2.75) is 39.4 Å². The Labute approximate surface area is 113 Å². The largest absolute Gasteiger partial charge is 0.342 e. The van der Waals surface area contributed by atoms with Crippen molar-refractivity contribution < 1.29 is 9.59 Å². The van der Waals surface area contributed by atoms with Gasteiger partial charge in [-0.05, 0) is 30.5 Å². The van der Waals surface area contributed by atoms with Crippen LogP contribution in [-0.2, 0) is 16.1 Å². The second-order valence-electron chi connectivity index (χ2n) is 5.23. The highest BCUT2D eigenvalue weighted by atomic mass is 16.2. The van der Waals surface area contributed by atoms with Crippen molar-refractivity contribution in [2.75, 3.05) is 0 Å². The number of amides is 2. The summed E-state index contributed by atoms with van der Waals surface area (Å²) in [6, 6.07) is 2.86. The smallest absolute Gasteiger partial charge is 0.246 e. The predicted molar refractivity (Wildman–Crippen MR) is 71.0 cm³/mol. The molecule has 1 aliphatic heterocycles. The van der Waals surface area contributed by atoms with Gasteiger partial charge in [0.2, 0.25) is 11.8 Å². The van der Waals surface area contributed by atoms with Crippen LogP contribution >= 0.6 is 0 Å². The van der Waals surface area contributed by atoms with E-state index in [2.05, 4.69) is 10.3 Å². The van der Waals surface area contributed by atoms with Crippen LogP contribution in [0.25, 0.3) is 0 Å². The molecule has 102 valence electrons. The lowest BCUT2D eigenvalue weighted by molar-refractivity contribution is -0.150. The minimum Gasteiger partial charge on any atom is -0.342 e. The molecular weight excluding hydrogens is 242 g/mol. The van der Waals surface area contributed by atoms with Crippen molar-refractivity contribution in [2.24, 2.45) is 5.92 Å². The summed E-state index contributed by atoms with van der Waals surface area (Å²) < 4.78 is 0. The van der Waals surface area contributed by atoms with Gasteiger partial charge in [-0.25, -0.2) is 0 Å². The van der Waals surface area contributed by atoms with E-state index in [-0.39, 0.29) is 17.7 Å². The fraction of sp³-hybridized carbons (Fsp3) is 0.500. The SMILES string of the molecule is CC(C)C1NC(=O)C(C)N(Cc2ccncc2)C1=O. The molecule has 1 aromatic rings. The van der Waals surface area contributed by atoms with Crippen molar-refractivity contribution in [1.29, 1.82) is 0 Å². The van der Waals surface area contributed by atoms with Gasteiger partial charge in [0.1, 0.15) is 12.1 Å². The Morgan fingerprint density at radius 1 is 1.32 bits per heavy atom. The number of nitrogens with zero attached hydrogens (tertiary/aromatic N) is 2. The summed E-state index contributed by atoms with van der Waals surface area (Å²) in [4.78, 5) is 30.0. The summed E-state index contributed by atoms with van der Waals surface area (Å²) in [6.07, 6.45) is 3.38. The van der Waals surface area contributed by atoms with E-state index in [1.54, 1.807) is 24.2 Å². The Kier molecular flexibility index (Phi) is 3.83. The van der Waals surface area contributed by atoms with Crippen LogP contribution in [0.4, 0.5) is 0 Å². The quantitative estimate of drug-likeness (QED) is 0.881. The molecule has 0 radical (unpaired) electrons. The van der Waals surface area contributed by atoms with Gasteiger partial charge >= 0.3 is 0 Å². The van der Waals surface area contributed by atoms with Crippen molar-refractivity contribution in [3.05, 3.63) is 30.1 Å². The van der Waals surface area contributed by atoms with E-state index in [1.165, 1.54) is 0 Å². The van der Waals surface area contributed by atoms with Crippen LogP contribution in [0.5, 0.6) is 0 Å². The molecule has 2 amide bonds. The Hall–Kier alpha value is -1.91. The molecule has 1 N–H and O–H groups in total. The average molecular weight is 261 g/mol. The number of carbonyl (C=O) groups excluding carboxylic acids is 2. The third kappa shape index (κ3) is 2.75. The topological polar surface area (TPSA) is 62.3 Å². The zero-order chi connectivity index (χ0) is 14.0. The summed E-state index contributed by atoms with van der Waals surface area (Å²) in [5.74, 6) is -0.0184. The third-order valence-corrected chi connectivity index (χ3v) is 3.46. The highest BCUT2D eigenvalue weighted by Crippen LogP contribution is 2.17. The van der Waals surface area contributed by atoms with Gasteiger partial charge < -0.3 is 10.2 Å². The maximum Gasteiger partial charge on any atom is 0.246 e. The van der Waals surface area contributed by atoms with Crippen molar-refractivity contribution in [1.82, 2.24) is 15.2 Å². The molecule has 5 nitrogen and oxygen atoms in total. The van der Waals surface area contributed by atoms with Crippen molar-refractivity contribution in [3.63, 3.8) is 0 Å². The fourth-order valence-corrected chi connectivity index (χ4v) is 2.20. The molecular formula is C14H19N3O2. The fourth-order valence-electron chi connectivity index (χ4n) is 2.20. The molecule has 1 aliphatic rings. The van der Waals surface area contributed by atoms with E-state index >= 15 is 0 Å². The summed E-state index contributed by atoms with van der Waals surface area (Å²) in [6.45, 7) is 6.07. The van der Waals surface area contributed by atoms with Gasteiger partial charge in [0.05, 0.1) is 0 Å². The summed E-state index contributed by atoms with van der Waals surface area (Å²) in [7, 11) is 0. The molecule has 0 aromatic carbocycles. The number of piperazine rings is 1. The summed E-state index contributed by atoms with van der Waals surface area (Å²) >= 11 is 0. The van der Waals surface area contributed by atoms with Crippen LogP contribution < -0.4 is 5.32 Å². The Morgan fingerprint density at radius 2 is 1.95 bits per heavy atom. The maximum atomic E-state index is 12.4. The first-order valence-electron chi connectivity index (χ1n) is 6.50. The van der Waals surface area contributed by atoms with E-state index in [9.17, 15) is 9.59 Å². The van der Waals surface area contributed by atoms with Gasteiger partial charge in [-0.1, -0.05) is 13.8 Å². The number of carbonyl (C=O) groups is 2. The minimum atomic E-state index is -0.435. The Balaban J connectivity index is 2.21. The highest BCUT2D eigenvalue weighted by molar-refractivity contribution is 5.96. The number of hydrogen-bond donors (Lipinski definition) is 1. The maximum absolute atomic E-state index is 12.4. The first-order chi connectivity index (χ1) is 9.00. The minimum absolute atomic E-state index is 0.0149. The second kappa shape index (κ2) is 5.38. The zero-order valence-electron chi connectivity index (χ0n) is 11.5. The van der Waals surface area contributed by atoms with Gasteiger partial charge in [-0.2, -0.15) is 0 Å². The predicted octanol–water partition coefficient (Wildman–Crippen LogP) is 0.953. The molecule has 19 heavy (non-hydrogen) atoms. The molecule has 5 heteroatoms. The number of pyridine rings is 1. The van der Waals surface area contributed by atoms with Crippen LogP contribution in [0.1, 0.15) is 26.3 Å². The molecule has 0 bridgehead atoms. The van der Waals surface area contributed by atoms with Gasteiger partial charge in [0.15, 0.2) is 0 Å². The third-order valence-electron chi connectivity index (χ3n) is 3.46. The van der Waals surface area contributed by atoms with Crippen molar-refractivity contribution >= 4 is 11.8 Å². The lowest BCUT2D eigenvalue weighted by atomic mass is 9.98. The van der Waals surface area contributed by atoms with E-state index < -0.39 is 12.1 Å². The second-order valence-corrected chi connectivity index (χ2v) is 5.23. The Morgan fingerprint density at radius 3 is 2.53 bits per heavy atom. The molecule has 1 saturated heterocycles. The first-order valence-corrected chi connectivity index (χ1v) is 6.50. The van der Waals surface area contributed by atoms with Gasteiger partial charge in [0, 0.05) is 18.9 Å². The molecule has 2 atom stereocenters. The monoisotopic (exact) mass is 261 g/mol. The molecule has 1 fully saturated rings. The zero-order valence-corrected chi connectivity index (χ0v) is 11.5. The van der Waals surface area contributed by atoms with E-state index in [0.29, 0.717) is 6.54 Å². The number of rotatable bonds is 3. The molecule has 2 rings (SSSR count). The highest BCUT2D eigenvalue weighted by Gasteiger charge is 2.39. The molecule has 2 unspecified atom stereocenters. The van der Waals surface area contributed by atoms with Crippen LogP contribution in [-0.4, -0.2) is 33.8 Å². The van der Waals surface area contributed by atoms with Crippen LogP contribution in [0.15, 0.2) is 24.5 Å². The van der Waals surface area contributed by atoms with E-state index in [1.807, 2.05) is 26.0 Å². The molecule has 0 aliphatic carbocycles. The average Bonchev–Trinajstić information content (AvgIpc) is 2.40. The lowest BCUT2D eigenvalue weighted by Gasteiger charge is -2.38. The summed E-state index contributed by atoms with van der Waals surface area (Å²) in [5.41, 5.74) is 0.979. The first kappa shape index (κ1) is 13.5. The van der Waals surface area contributed by atoms with Crippen LogP contribution in [0, 0.1) is 5.92 Å². The van der Waals surface area contributed by atoms with Crippen molar-refractivity contribution in [3.8, 4) is 0 Å². The number of nitrogens with one attached hydrogen (secondary N) is 1. The standard InChI is InChI=1S/C14H19N3O2/c1-9(2)12-14(19)17(10(3)13(18)16-12)8-11-4-6-15-7-5-11/h4-7,9-10,12H,8H2,1-3H3,(H,16,18). The van der Waals surface area contributed by atoms with E-state index in [4.69, 9.17) is 0 Å². The Bertz CT molecular complexity index is 473. The lowest BCUT2D eigenvalue weighted by Crippen LogP contribution is -2.63. The van der Waals surface area contributed by atoms with E-state index in [0.717, 1.165) is 5.56 Å². The van der Waals surface area contributed by atoms with Gasteiger partial charge in [-0.3, -0.25) is 14.6 Å². The molecule has 1 aromatic heterocycles. The molecule has 2 heterocycles. The number of hydrogen-bond acceptors (Lipinski definition) is 3. The molecule has 0 spiro atoms. The summed E-state index contributed by atoms with van der Waals surface area (Å²) in [5, 5.41) is 2.79. The van der Waals surface area contributed by atoms with Gasteiger partial charge in [-0.15, -0.1) is 0 Å². The number of aromatic nitrogens is 1. The van der Waals surface area contributed by atoms with Crippen LogP contribution in [0.2, 0.25) is 0 Å². The van der Waals surface area contributed by atoms with Gasteiger partial charge in [0.25, 0.3) is 0 Å². The van der Waals surface area contributed by atoms with Crippen LogP contribution in [0.3, 0.4) is 0 Å².